The number of nitrogens with zero attached hydrogens (tertiary/aromatic N) is 1. The average Bonchev–Trinajstić information content (AvgIpc) is 2.60. The van der Waals surface area contributed by atoms with Crippen molar-refractivity contribution in [2.24, 2.45) is 0 Å². The van der Waals surface area contributed by atoms with Crippen molar-refractivity contribution in [3.8, 4) is 0 Å². The predicted octanol–water partition coefficient (Wildman–Crippen LogP) is 2.55. The fraction of sp³-hybridized carbons (Fsp3) is 0.250. The predicted molar refractivity (Wildman–Crippen MR) is 99.8 cm³/mol. The van der Waals surface area contributed by atoms with E-state index in [0.717, 1.165) is 11.1 Å². The van der Waals surface area contributed by atoms with Gasteiger partial charge in [-0.05, 0) is 24.6 Å². The van der Waals surface area contributed by atoms with E-state index >= 15 is 0 Å². The first-order chi connectivity index (χ1) is 12.4. The van der Waals surface area contributed by atoms with Gasteiger partial charge in [0, 0.05) is 6.92 Å². The van der Waals surface area contributed by atoms with Crippen LogP contribution in [0.3, 0.4) is 0 Å². The number of anilines is 2. The van der Waals surface area contributed by atoms with Crippen molar-refractivity contribution in [1.29, 1.82) is 0 Å². The fourth-order valence-corrected chi connectivity index (χ4v) is 3.04. The van der Waals surface area contributed by atoms with Crippen LogP contribution >= 0.6 is 0 Å². The molecular weight excluding hydrogens is 330 g/mol. The molecule has 2 aromatic rings. The van der Waals surface area contributed by atoms with E-state index in [9.17, 15) is 14.4 Å². The lowest BCUT2D eigenvalue weighted by atomic mass is 10.0. The average molecular weight is 351 g/mol. The first-order valence-corrected chi connectivity index (χ1v) is 8.47. The van der Waals surface area contributed by atoms with E-state index in [0.29, 0.717) is 11.4 Å². The van der Waals surface area contributed by atoms with Crippen LogP contribution in [0.4, 0.5) is 11.4 Å². The zero-order valence-electron chi connectivity index (χ0n) is 14.8. The smallest absolute Gasteiger partial charge is 0.244 e. The fourth-order valence-electron chi connectivity index (χ4n) is 3.04. The van der Waals surface area contributed by atoms with Gasteiger partial charge in [0.2, 0.25) is 17.7 Å². The molecule has 1 atom stereocenters. The maximum absolute atomic E-state index is 12.9. The van der Waals surface area contributed by atoms with Gasteiger partial charge >= 0.3 is 0 Å². The lowest BCUT2D eigenvalue weighted by Crippen LogP contribution is -2.43. The molecule has 0 aliphatic carbocycles. The number of hydrogen-bond acceptors (Lipinski definition) is 3. The van der Waals surface area contributed by atoms with E-state index in [-0.39, 0.29) is 30.7 Å². The Bertz CT molecular complexity index is 846. The second-order valence-corrected chi connectivity index (χ2v) is 6.41. The highest BCUT2D eigenvalue weighted by Gasteiger charge is 2.28. The lowest BCUT2D eigenvalue weighted by Gasteiger charge is -2.30. The van der Waals surface area contributed by atoms with E-state index in [1.807, 2.05) is 37.3 Å². The number of rotatable bonds is 4. The van der Waals surface area contributed by atoms with Gasteiger partial charge in [-0.1, -0.05) is 42.0 Å². The summed E-state index contributed by atoms with van der Waals surface area (Å²) in [7, 11) is 0. The highest BCUT2D eigenvalue weighted by molar-refractivity contribution is 6.10. The number of fused-ring (bicyclic) bond motifs is 1. The van der Waals surface area contributed by atoms with Crippen LogP contribution in [0, 0.1) is 6.92 Å². The third-order valence-electron chi connectivity index (χ3n) is 4.31. The summed E-state index contributed by atoms with van der Waals surface area (Å²) in [4.78, 5) is 37.9. The molecule has 1 aliphatic rings. The summed E-state index contributed by atoms with van der Waals surface area (Å²) < 4.78 is 0. The minimum absolute atomic E-state index is 0.0312. The molecule has 0 unspecified atom stereocenters. The maximum Gasteiger partial charge on any atom is 0.244 e. The van der Waals surface area contributed by atoms with Crippen LogP contribution in [0.1, 0.15) is 30.5 Å². The summed E-state index contributed by atoms with van der Waals surface area (Å²) in [6, 6.07) is 14.4. The zero-order valence-corrected chi connectivity index (χ0v) is 14.8. The zero-order chi connectivity index (χ0) is 18.7. The third-order valence-corrected chi connectivity index (χ3v) is 4.31. The van der Waals surface area contributed by atoms with E-state index in [1.165, 1.54) is 11.8 Å². The Labute approximate surface area is 152 Å². The molecule has 3 amide bonds. The van der Waals surface area contributed by atoms with Crippen molar-refractivity contribution < 1.29 is 14.4 Å². The number of aryl methyl sites for hydroxylation is 1. The van der Waals surface area contributed by atoms with E-state index in [2.05, 4.69) is 10.6 Å². The Kier molecular flexibility index (Phi) is 5.02. The van der Waals surface area contributed by atoms with Gasteiger partial charge in [0.05, 0.1) is 23.8 Å². The number of carbonyl (C=O) groups is 3. The summed E-state index contributed by atoms with van der Waals surface area (Å²) in [6.45, 7) is 3.37. The molecule has 26 heavy (non-hydrogen) atoms. The van der Waals surface area contributed by atoms with Crippen LogP contribution in [0.25, 0.3) is 0 Å². The molecule has 0 fully saturated rings. The number of carbonyl (C=O) groups excluding carboxylic acids is 3. The number of amides is 3. The SMILES string of the molecule is CC(=O)N[C@@H](CC(=O)N1CC(=O)Nc2ccccc21)c1ccc(C)cc1. The maximum atomic E-state index is 12.9. The second kappa shape index (κ2) is 7.39. The van der Waals surface area contributed by atoms with Crippen molar-refractivity contribution in [2.45, 2.75) is 26.3 Å². The molecule has 6 nitrogen and oxygen atoms in total. The minimum atomic E-state index is -0.447. The van der Waals surface area contributed by atoms with Gasteiger partial charge in [-0.2, -0.15) is 0 Å². The normalized spacial score (nSPS) is 14.2. The first-order valence-electron chi connectivity index (χ1n) is 8.47. The number of nitrogens with one attached hydrogen (secondary N) is 2. The molecule has 0 spiro atoms. The van der Waals surface area contributed by atoms with Crippen LogP contribution in [-0.4, -0.2) is 24.3 Å². The van der Waals surface area contributed by atoms with Crippen molar-refractivity contribution in [3.05, 3.63) is 59.7 Å². The number of para-hydroxylation sites is 2. The molecule has 0 saturated heterocycles. The molecule has 6 heteroatoms. The topological polar surface area (TPSA) is 78.5 Å². The Morgan fingerprint density at radius 2 is 1.85 bits per heavy atom. The molecule has 0 radical (unpaired) electrons. The largest absolute Gasteiger partial charge is 0.349 e. The molecule has 0 bridgehead atoms. The molecule has 1 heterocycles. The molecule has 2 N–H and O–H groups in total. The van der Waals surface area contributed by atoms with Crippen molar-refractivity contribution in [2.75, 3.05) is 16.8 Å². The van der Waals surface area contributed by atoms with Crippen LogP contribution in [0.5, 0.6) is 0 Å². The standard InChI is InChI=1S/C20H21N3O3/c1-13-7-9-15(10-8-13)17(21-14(2)24)11-20(26)23-12-19(25)22-16-5-3-4-6-18(16)23/h3-10,17H,11-12H2,1-2H3,(H,21,24)(H,22,25)/t17-/m0/s1. The van der Waals surface area contributed by atoms with E-state index in [1.54, 1.807) is 18.2 Å². The van der Waals surface area contributed by atoms with Crippen LogP contribution in [0.2, 0.25) is 0 Å². The minimum Gasteiger partial charge on any atom is -0.349 e. The van der Waals surface area contributed by atoms with Crippen molar-refractivity contribution >= 4 is 29.1 Å². The molecular formula is C20H21N3O3. The summed E-state index contributed by atoms with van der Waals surface area (Å²) in [6.07, 6.45) is 0.0737. The second-order valence-electron chi connectivity index (χ2n) is 6.41. The summed E-state index contributed by atoms with van der Waals surface area (Å²) in [5.74, 6) is -0.657. The number of benzene rings is 2. The number of hydrogen-bond donors (Lipinski definition) is 2. The third kappa shape index (κ3) is 3.91. The van der Waals surface area contributed by atoms with Gasteiger partial charge in [-0.3, -0.25) is 14.4 Å². The molecule has 2 aromatic carbocycles. The van der Waals surface area contributed by atoms with Gasteiger partial charge in [-0.15, -0.1) is 0 Å². The first kappa shape index (κ1) is 17.7. The van der Waals surface area contributed by atoms with Gasteiger partial charge in [0.1, 0.15) is 6.54 Å². The van der Waals surface area contributed by atoms with E-state index < -0.39 is 6.04 Å². The van der Waals surface area contributed by atoms with Gasteiger partial charge in [0.15, 0.2) is 0 Å². The van der Waals surface area contributed by atoms with Crippen molar-refractivity contribution in [1.82, 2.24) is 5.32 Å². The summed E-state index contributed by atoms with van der Waals surface area (Å²) in [5.41, 5.74) is 3.24. The summed E-state index contributed by atoms with van der Waals surface area (Å²) in [5, 5.41) is 5.60. The van der Waals surface area contributed by atoms with Crippen LogP contribution < -0.4 is 15.5 Å². The monoisotopic (exact) mass is 351 g/mol. The Morgan fingerprint density at radius 1 is 1.15 bits per heavy atom. The highest BCUT2D eigenvalue weighted by atomic mass is 16.2. The van der Waals surface area contributed by atoms with Crippen LogP contribution in [0.15, 0.2) is 48.5 Å². The molecule has 0 aromatic heterocycles. The Hall–Kier alpha value is -3.15. The molecule has 3 rings (SSSR count). The van der Waals surface area contributed by atoms with Gasteiger partial charge < -0.3 is 15.5 Å². The Morgan fingerprint density at radius 3 is 2.54 bits per heavy atom. The lowest BCUT2D eigenvalue weighted by molar-refractivity contribution is -0.123. The Balaban J connectivity index is 1.85. The summed E-state index contributed by atoms with van der Waals surface area (Å²) >= 11 is 0. The van der Waals surface area contributed by atoms with Gasteiger partial charge in [-0.25, -0.2) is 0 Å². The van der Waals surface area contributed by atoms with Crippen molar-refractivity contribution in [3.63, 3.8) is 0 Å². The quantitative estimate of drug-likeness (QED) is 0.888. The van der Waals surface area contributed by atoms with Gasteiger partial charge in [0.25, 0.3) is 0 Å². The molecule has 134 valence electrons. The van der Waals surface area contributed by atoms with Crippen LogP contribution in [-0.2, 0) is 14.4 Å². The highest BCUT2D eigenvalue weighted by Crippen LogP contribution is 2.30. The molecule has 0 saturated carbocycles. The van der Waals surface area contributed by atoms with E-state index in [4.69, 9.17) is 0 Å². The molecule has 1 aliphatic heterocycles.